The van der Waals surface area contributed by atoms with Gasteiger partial charge in [-0.1, -0.05) is 0 Å². The number of rotatable bonds is 4. The first kappa shape index (κ1) is 22.9. The Labute approximate surface area is 186 Å². The molecule has 0 radical (unpaired) electrons. The van der Waals surface area contributed by atoms with E-state index in [1.807, 2.05) is 27.7 Å². The summed E-state index contributed by atoms with van der Waals surface area (Å²) < 4.78 is 20.8. The summed E-state index contributed by atoms with van der Waals surface area (Å²) in [5, 5.41) is 28.5. The Morgan fingerprint density at radius 1 is 1.13 bits per heavy atom. The topological polar surface area (TPSA) is 109 Å². The minimum atomic E-state index is -1.20. The van der Waals surface area contributed by atoms with E-state index in [0.29, 0.717) is 17.8 Å². The maximum atomic E-state index is 14.9. The largest absolute Gasteiger partial charge is 0.506 e. The number of alkyl halides is 1. The molecule has 31 heavy (non-hydrogen) atoms. The third kappa shape index (κ3) is 4.77. The average molecular weight is 449 g/mol. The summed E-state index contributed by atoms with van der Waals surface area (Å²) in [7, 11) is 0. The molecule has 1 aliphatic heterocycles. The van der Waals surface area contributed by atoms with Crippen LogP contribution in [0.25, 0.3) is 22.5 Å². The van der Waals surface area contributed by atoms with Gasteiger partial charge in [0.15, 0.2) is 6.17 Å². The van der Waals surface area contributed by atoms with E-state index < -0.39 is 17.8 Å². The van der Waals surface area contributed by atoms with Gasteiger partial charge in [-0.2, -0.15) is 5.10 Å². The molecule has 0 aromatic carbocycles. The lowest BCUT2D eigenvalue weighted by atomic mass is 9.79. The number of piperidine rings is 1. The van der Waals surface area contributed by atoms with Crippen LogP contribution in [0.2, 0.25) is 0 Å². The van der Waals surface area contributed by atoms with Crippen molar-refractivity contribution in [1.29, 1.82) is 0 Å². The molecule has 3 aromatic rings. The van der Waals surface area contributed by atoms with Gasteiger partial charge in [-0.05, 0) is 39.8 Å². The first-order chi connectivity index (χ1) is 14.1. The van der Waals surface area contributed by atoms with Gasteiger partial charge in [0.05, 0.1) is 6.20 Å². The molecule has 0 spiro atoms. The zero-order chi connectivity index (χ0) is 21.5. The third-order valence-electron chi connectivity index (χ3n) is 5.24. The fourth-order valence-corrected chi connectivity index (χ4v) is 4.05. The predicted molar refractivity (Wildman–Crippen MR) is 117 cm³/mol. The summed E-state index contributed by atoms with van der Waals surface area (Å²) in [5.74, 6) is 0.205. The number of pyridine rings is 1. The van der Waals surface area contributed by atoms with E-state index in [2.05, 4.69) is 30.7 Å². The van der Waals surface area contributed by atoms with Gasteiger partial charge in [-0.15, -0.1) is 22.6 Å². The molecule has 1 aliphatic rings. The smallest absolute Gasteiger partial charge is 0.233 e. The lowest BCUT2D eigenvalue weighted by Gasteiger charge is -2.48. The second-order valence-electron chi connectivity index (χ2n) is 8.83. The van der Waals surface area contributed by atoms with Crippen molar-refractivity contribution in [1.82, 2.24) is 30.7 Å². The second-order valence-corrected chi connectivity index (χ2v) is 8.83. The highest BCUT2D eigenvalue weighted by Crippen LogP contribution is 2.34. The lowest BCUT2D eigenvalue weighted by Crippen LogP contribution is -2.66. The SMILES string of the molecule is CC1(C)C[C@H](Oc2ccc(-c3ncc(-c4cn[nH]c4)cc3O)nn2)[C@H](F)C(C)(C)N1.Cl. The van der Waals surface area contributed by atoms with Crippen molar-refractivity contribution in [3.63, 3.8) is 0 Å². The van der Waals surface area contributed by atoms with Crippen molar-refractivity contribution in [2.45, 2.75) is 57.5 Å². The summed E-state index contributed by atoms with van der Waals surface area (Å²) >= 11 is 0. The van der Waals surface area contributed by atoms with Crippen LogP contribution in [0.15, 0.2) is 36.8 Å². The molecule has 0 bridgehead atoms. The van der Waals surface area contributed by atoms with Crippen LogP contribution in [0.4, 0.5) is 4.39 Å². The summed E-state index contributed by atoms with van der Waals surface area (Å²) in [6, 6.07) is 4.85. The van der Waals surface area contributed by atoms with Crippen LogP contribution >= 0.6 is 12.4 Å². The van der Waals surface area contributed by atoms with E-state index in [1.54, 1.807) is 36.8 Å². The fraction of sp³-hybridized carbons (Fsp3) is 0.429. The molecule has 0 saturated carbocycles. The zero-order valence-electron chi connectivity index (χ0n) is 17.8. The Hall–Kier alpha value is -2.78. The number of H-pyrrole nitrogens is 1. The fourth-order valence-electron chi connectivity index (χ4n) is 4.05. The molecule has 4 rings (SSSR count). The Morgan fingerprint density at radius 3 is 2.52 bits per heavy atom. The standard InChI is InChI=1S/C21H25FN6O2.ClH/c1-20(2)8-16(19(22)21(3,4)28-20)30-17-6-5-14(26-27-17)18-15(29)7-12(9-23-18)13-10-24-25-11-13;/h5-7,9-11,16,19,28-29H,8H2,1-4H3,(H,24,25);1H/t16-,19-;/m0./s1. The second kappa shape index (κ2) is 8.39. The molecule has 4 heterocycles. The number of aromatic amines is 1. The van der Waals surface area contributed by atoms with E-state index in [0.717, 1.165) is 11.1 Å². The summed E-state index contributed by atoms with van der Waals surface area (Å²) in [4.78, 5) is 4.30. The van der Waals surface area contributed by atoms with E-state index >= 15 is 0 Å². The Bertz CT molecular complexity index is 1030. The average Bonchev–Trinajstić information content (AvgIpc) is 3.20. The molecule has 8 nitrogen and oxygen atoms in total. The lowest BCUT2D eigenvalue weighted by molar-refractivity contribution is -0.0281. The highest BCUT2D eigenvalue weighted by Gasteiger charge is 2.47. The number of hydrogen-bond donors (Lipinski definition) is 3. The molecule has 0 amide bonds. The van der Waals surface area contributed by atoms with Gasteiger partial charge in [0, 0.05) is 47.1 Å². The van der Waals surface area contributed by atoms with Crippen molar-refractivity contribution < 1.29 is 14.2 Å². The number of aromatic nitrogens is 5. The Kier molecular flexibility index (Phi) is 6.20. The van der Waals surface area contributed by atoms with E-state index in [4.69, 9.17) is 4.74 Å². The number of nitrogens with zero attached hydrogens (tertiary/aromatic N) is 4. The van der Waals surface area contributed by atoms with Gasteiger partial charge < -0.3 is 15.2 Å². The van der Waals surface area contributed by atoms with Gasteiger partial charge in [0.2, 0.25) is 5.88 Å². The minimum Gasteiger partial charge on any atom is -0.506 e. The Balaban J connectivity index is 0.00000272. The van der Waals surface area contributed by atoms with E-state index in [9.17, 15) is 9.50 Å². The van der Waals surface area contributed by atoms with Crippen LogP contribution in [0.5, 0.6) is 11.6 Å². The van der Waals surface area contributed by atoms with Gasteiger partial charge in [0.1, 0.15) is 23.2 Å². The number of halogens is 2. The minimum absolute atomic E-state index is 0. The quantitative estimate of drug-likeness (QED) is 0.558. The van der Waals surface area contributed by atoms with Crippen molar-refractivity contribution in [3.05, 3.63) is 36.8 Å². The van der Waals surface area contributed by atoms with Gasteiger partial charge >= 0.3 is 0 Å². The number of ether oxygens (including phenoxy) is 1. The molecular formula is C21H26ClFN6O2. The van der Waals surface area contributed by atoms with Crippen molar-refractivity contribution in [2.24, 2.45) is 0 Å². The van der Waals surface area contributed by atoms with Crippen molar-refractivity contribution >= 4 is 12.4 Å². The van der Waals surface area contributed by atoms with E-state index in [1.165, 1.54) is 0 Å². The van der Waals surface area contributed by atoms with Crippen LogP contribution in [-0.2, 0) is 0 Å². The maximum absolute atomic E-state index is 14.9. The zero-order valence-corrected chi connectivity index (χ0v) is 18.6. The molecular weight excluding hydrogens is 423 g/mol. The molecule has 3 aromatic heterocycles. The maximum Gasteiger partial charge on any atom is 0.233 e. The molecule has 0 aliphatic carbocycles. The van der Waals surface area contributed by atoms with E-state index in [-0.39, 0.29) is 29.6 Å². The first-order valence-electron chi connectivity index (χ1n) is 9.77. The monoisotopic (exact) mass is 448 g/mol. The van der Waals surface area contributed by atoms with Crippen molar-refractivity contribution in [3.8, 4) is 34.1 Å². The molecule has 3 N–H and O–H groups in total. The summed E-state index contributed by atoms with van der Waals surface area (Å²) in [6.07, 6.45) is 3.63. The van der Waals surface area contributed by atoms with Gasteiger partial charge in [-0.3, -0.25) is 5.10 Å². The molecule has 0 unspecified atom stereocenters. The number of hydrogen-bond acceptors (Lipinski definition) is 7. The molecule has 2 atom stereocenters. The number of aromatic hydroxyl groups is 1. The van der Waals surface area contributed by atoms with Crippen molar-refractivity contribution in [2.75, 3.05) is 0 Å². The highest BCUT2D eigenvalue weighted by atomic mass is 35.5. The van der Waals surface area contributed by atoms with Crippen LogP contribution in [0.1, 0.15) is 34.1 Å². The number of nitrogens with one attached hydrogen (secondary N) is 2. The first-order valence-corrected chi connectivity index (χ1v) is 9.77. The summed E-state index contributed by atoms with van der Waals surface area (Å²) in [6.45, 7) is 7.69. The molecule has 166 valence electrons. The molecule has 10 heteroatoms. The van der Waals surface area contributed by atoms with Gasteiger partial charge in [-0.25, -0.2) is 9.37 Å². The molecule has 1 saturated heterocycles. The summed E-state index contributed by atoms with van der Waals surface area (Å²) in [5.41, 5.74) is 1.24. The molecule has 1 fully saturated rings. The third-order valence-corrected chi connectivity index (χ3v) is 5.24. The Morgan fingerprint density at radius 2 is 1.90 bits per heavy atom. The van der Waals surface area contributed by atoms with Crippen LogP contribution < -0.4 is 10.1 Å². The normalized spacial score (nSPS) is 21.8. The highest BCUT2D eigenvalue weighted by molar-refractivity contribution is 5.85. The van der Waals surface area contributed by atoms with Crippen LogP contribution in [-0.4, -0.2) is 53.8 Å². The van der Waals surface area contributed by atoms with Gasteiger partial charge in [0.25, 0.3) is 0 Å². The van der Waals surface area contributed by atoms with Crippen LogP contribution in [0.3, 0.4) is 0 Å². The predicted octanol–water partition coefficient (Wildman–Crippen LogP) is 3.69. The van der Waals surface area contributed by atoms with Crippen LogP contribution in [0, 0.1) is 0 Å².